The van der Waals surface area contributed by atoms with Crippen LogP contribution in [0.25, 0.3) is 0 Å². The van der Waals surface area contributed by atoms with E-state index in [4.69, 9.17) is 4.74 Å². The van der Waals surface area contributed by atoms with E-state index in [9.17, 15) is 10.0 Å². The number of benzene rings is 2. The molecule has 0 saturated heterocycles. The van der Waals surface area contributed by atoms with Crippen LogP contribution >= 0.6 is 0 Å². The Bertz CT molecular complexity index is 1030. The topological polar surface area (TPSA) is 104 Å². The zero-order chi connectivity index (χ0) is 21.1. The number of methoxy groups -OCH3 is 1. The molecule has 0 radical (unpaired) electrons. The average Bonchev–Trinajstić information content (AvgIpc) is 3.10. The fourth-order valence-corrected chi connectivity index (χ4v) is 3.84. The molecule has 0 fully saturated rings. The molecule has 0 aliphatic carbocycles. The van der Waals surface area contributed by atoms with Crippen molar-refractivity contribution in [1.82, 2.24) is 15.0 Å². The fraction of sp³-hybridized carbons (Fsp3) is 0.286. The van der Waals surface area contributed by atoms with Crippen molar-refractivity contribution >= 4 is 30.2 Å². The molecule has 0 bridgehead atoms. The quantitative estimate of drug-likeness (QED) is 0.507. The third-order valence-electron chi connectivity index (χ3n) is 5.22. The lowest BCUT2D eigenvalue weighted by atomic mass is 9.80. The highest BCUT2D eigenvalue weighted by atomic mass is 16.5. The van der Waals surface area contributed by atoms with Crippen LogP contribution in [0.5, 0.6) is 0 Å². The number of nitrogens with zero attached hydrogens (tertiary/aromatic N) is 4. The van der Waals surface area contributed by atoms with E-state index in [-0.39, 0.29) is 6.04 Å². The van der Waals surface area contributed by atoms with Crippen LogP contribution in [0.2, 0.25) is 0 Å². The number of hydrogen-bond acceptors (Lipinski definition) is 8. The molecule has 1 aliphatic rings. The predicted molar refractivity (Wildman–Crippen MR) is 116 cm³/mol. The molecule has 0 saturated carbocycles. The van der Waals surface area contributed by atoms with Crippen LogP contribution in [0, 0.1) is 0 Å². The van der Waals surface area contributed by atoms with E-state index in [1.54, 1.807) is 25.3 Å². The minimum atomic E-state index is -1.49. The van der Waals surface area contributed by atoms with Gasteiger partial charge in [-0.2, -0.15) is 4.98 Å². The summed E-state index contributed by atoms with van der Waals surface area (Å²) in [4.78, 5) is 15.4. The van der Waals surface area contributed by atoms with Crippen LogP contribution in [0.1, 0.15) is 23.6 Å². The lowest BCUT2D eigenvalue weighted by Crippen LogP contribution is -2.30. The number of fused-ring (bicyclic) bond motifs is 1. The molecule has 3 aromatic rings. The molecule has 0 spiro atoms. The Labute approximate surface area is 175 Å². The molecule has 3 N–H and O–H groups in total. The summed E-state index contributed by atoms with van der Waals surface area (Å²) in [6, 6.07) is 13.5. The standard InChI is InChI=1S/C21H24BN5O3/c1-14-9-18-16(12-30-2)6-4-8-19(18)27(14)21-25-13-24-20(26-21)23-11-15-5-3-7-17(10-15)22(28)29/h3-8,10,13-14,28-29H,9,11-12H2,1-2H3,(H,23,24,25,26). The van der Waals surface area contributed by atoms with Crippen LogP contribution in [0.3, 0.4) is 0 Å². The van der Waals surface area contributed by atoms with Crippen molar-refractivity contribution in [2.24, 2.45) is 0 Å². The van der Waals surface area contributed by atoms with Crippen molar-refractivity contribution in [2.75, 3.05) is 17.3 Å². The second kappa shape index (κ2) is 8.79. The van der Waals surface area contributed by atoms with Gasteiger partial charge in [0.05, 0.1) is 6.61 Å². The number of rotatable bonds is 7. The highest BCUT2D eigenvalue weighted by molar-refractivity contribution is 6.58. The van der Waals surface area contributed by atoms with Gasteiger partial charge in [0.25, 0.3) is 0 Å². The third-order valence-corrected chi connectivity index (χ3v) is 5.22. The summed E-state index contributed by atoms with van der Waals surface area (Å²) in [5.74, 6) is 1.05. The van der Waals surface area contributed by atoms with Crippen LogP contribution in [-0.2, 0) is 24.3 Å². The van der Waals surface area contributed by atoms with E-state index in [2.05, 4.69) is 44.2 Å². The van der Waals surface area contributed by atoms with Crippen molar-refractivity contribution in [3.8, 4) is 0 Å². The Hall–Kier alpha value is -3.01. The maximum absolute atomic E-state index is 9.34. The largest absolute Gasteiger partial charge is 0.488 e. The molecular formula is C21H24BN5O3. The molecular weight excluding hydrogens is 381 g/mol. The molecule has 1 unspecified atom stereocenters. The fourth-order valence-electron chi connectivity index (χ4n) is 3.84. The van der Waals surface area contributed by atoms with E-state index >= 15 is 0 Å². The van der Waals surface area contributed by atoms with Crippen LogP contribution in [0.4, 0.5) is 17.6 Å². The molecule has 30 heavy (non-hydrogen) atoms. The molecule has 0 amide bonds. The molecule has 154 valence electrons. The first-order valence-corrected chi connectivity index (χ1v) is 9.83. The van der Waals surface area contributed by atoms with Gasteiger partial charge in [-0.05, 0) is 41.6 Å². The highest BCUT2D eigenvalue weighted by Crippen LogP contribution is 2.38. The van der Waals surface area contributed by atoms with Crippen LogP contribution in [0.15, 0.2) is 48.8 Å². The van der Waals surface area contributed by atoms with Gasteiger partial charge in [-0.25, -0.2) is 9.97 Å². The van der Waals surface area contributed by atoms with Crippen molar-refractivity contribution in [3.63, 3.8) is 0 Å². The van der Waals surface area contributed by atoms with E-state index in [0.717, 1.165) is 17.7 Å². The number of hydrogen-bond donors (Lipinski definition) is 3. The zero-order valence-electron chi connectivity index (χ0n) is 17.0. The SMILES string of the molecule is COCc1cccc2c1CC(C)N2c1ncnc(NCc2cccc(B(O)O)c2)n1. The molecule has 2 aromatic carbocycles. The number of anilines is 3. The first-order valence-electron chi connectivity index (χ1n) is 9.83. The first kappa shape index (κ1) is 20.3. The number of ether oxygens (including phenoxy) is 1. The summed E-state index contributed by atoms with van der Waals surface area (Å²) in [7, 11) is 0.213. The second-order valence-electron chi connectivity index (χ2n) is 7.35. The Kier molecular flexibility index (Phi) is 5.94. The van der Waals surface area contributed by atoms with Gasteiger partial charge in [-0.1, -0.05) is 36.4 Å². The van der Waals surface area contributed by atoms with Gasteiger partial charge >= 0.3 is 7.12 Å². The summed E-state index contributed by atoms with van der Waals surface area (Å²) < 4.78 is 5.34. The van der Waals surface area contributed by atoms with Gasteiger partial charge in [0.1, 0.15) is 6.33 Å². The lowest BCUT2D eigenvalue weighted by molar-refractivity contribution is 0.184. The maximum atomic E-state index is 9.34. The number of aromatic nitrogens is 3. The van der Waals surface area contributed by atoms with Crippen molar-refractivity contribution in [1.29, 1.82) is 0 Å². The molecule has 2 heterocycles. The van der Waals surface area contributed by atoms with E-state index in [1.165, 1.54) is 17.5 Å². The van der Waals surface area contributed by atoms with Gasteiger partial charge < -0.3 is 25.0 Å². The van der Waals surface area contributed by atoms with Gasteiger partial charge in [-0.15, -0.1) is 0 Å². The normalized spacial score (nSPS) is 15.2. The average molecular weight is 405 g/mol. The van der Waals surface area contributed by atoms with Crippen molar-refractivity contribution in [3.05, 3.63) is 65.5 Å². The van der Waals surface area contributed by atoms with E-state index < -0.39 is 7.12 Å². The molecule has 8 nitrogen and oxygen atoms in total. The first-order chi connectivity index (χ1) is 14.6. The minimum Gasteiger partial charge on any atom is -0.423 e. The molecule has 4 rings (SSSR count). The van der Waals surface area contributed by atoms with Crippen molar-refractivity contribution < 1.29 is 14.8 Å². The monoisotopic (exact) mass is 405 g/mol. The predicted octanol–water partition coefficient (Wildman–Crippen LogP) is 1.39. The molecule has 1 aromatic heterocycles. The maximum Gasteiger partial charge on any atom is 0.488 e. The second-order valence-corrected chi connectivity index (χ2v) is 7.35. The van der Waals surface area contributed by atoms with Gasteiger partial charge in [0.15, 0.2) is 0 Å². The Morgan fingerprint density at radius 2 is 2.03 bits per heavy atom. The highest BCUT2D eigenvalue weighted by Gasteiger charge is 2.30. The third kappa shape index (κ3) is 4.13. The number of nitrogens with one attached hydrogen (secondary N) is 1. The van der Waals surface area contributed by atoms with Gasteiger partial charge in [0, 0.05) is 25.4 Å². The summed E-state index contributed by atoms with van der Waals surface area (Å²) >= 11 is 0. The molecule has 9 heteroatoms. The summed E-state index contributed by atoms with van der Waals surface area (Å²) in [6.07, 6.45) is 2.40. The Morgan fingerprint density at radius 3 is 2.83 bits per heavy atom. The summed E-state index contributed by atoms with van der Waals surface area (Å²) in [5, 5.41) is 21.9. The van der Waals surface area contributed by atoms with Gasteiger partial charge in [-0.3, -0.25) is 0 Å². The minimum absolute atomic E-state index is 0.218. The van der Waals surface area contributed by atoms with E-state index in [0.29, 0.717) is 30.5 Å². The van der Waals surface area contributed by atoms with Crippen LogP contribution < -0.4 is 15.7 Å². The molecule has 1 atom stereocenters. The van der Waals surface area contributed by atoms with Crippen LogP contribution in [-0.4, -0.2) is 45.3 Å². The van der Waals surface area contributed by atoms with E-state index in [1.807, 2.05) is 12.1 Å². The summed E-state index contributed by atoms with van der Waals surface area (Å²) in [6.45, 7) is 3.18. The Balaban J connectivity index is 1.55. The zero-order valence-corrected chi connectivity index (χ0v) is 17.0. The summed E-state index contributed by atoms with van der Waals surface area (Å²) in [5.41, 5.74) is 4.88. The Morgan fingerprint density at radius 1 is 1.20 bits per heavy atom. The smallest absolute Gasteiger partial charge is 0.423 e. The lowest BCUT2D eigenvalue weighted by Gasteiger charge is -2.22. The van der Waals surface area contributed by atoms with Crippen molar-refractivity contribution in [2.45, 2.75) is 32.5 Å². The molecule has 1 aliphatic heterocycles. The van der Waals surface area contributed by atoms with Gasteiger partial charge in [0.2, 0.25) is 11.9 Å².